The molecule has 0 aliphatic heterocycles. The molecule has 0 saturated heterocycles. The van der Waals surface area contributed by atoms with Crippen LogP contribution in [0.15, 0.2) is 35.8 Å². The molecule has 3 N–H and O–H groups in total. The van der Waals surface area contributed by atoms with Crippen molar-refractivity contribution < 1.29 is 23.8 Å². The summed E-state index contributed by atoms with van der Waals surface area (Å²) in [5, 5.41) is 6.24. The van der Waals surface area contributed by atoms with Gasteiger partial charge >= 0.3 is 6.16 Å². The van der Waals surface area contributed by atoms with E-state index in [-0.39, 0.29) is 25.0 Å². The molecule has 2 aromatic heterocycles. The van der Waals surface area contributed by atoms with Gasteiger partial charge in [-0.05, 0) is 55.7 Å². The van der Waals surface area contributed by atoms with Crippen LogP contribution in [-0.2, 0) is 40.1 Å². The molecule has 1 aliphatic rings. The van der Waals surface area contributed by atoms with Gasteiger partial charge in [-0.1, -0.05) is 18.2 Å². The number of nitrogens with two attached hydrogens (primary N) is 1. The maximum atomic E-state index is 12.6. The first-order valence-electron chi connectivity index (χ1n) is 11.6. The van der Waals surface area contributed by atoms with Gasteiger partial charge in [-0.2, -0.15) is 0 Å². The summed E-state index contributed by atoms with van der Waals surface area (Å²) in [7, 11) is 0. The van der Waals surface area contributed by atoms with Crippen LogP contribution in [0.4, 0.5) is 15.5 Å². The molecule has 1 atom stereocenters. The molecule has 186 valence electrons. The number of thiophene rings is 1. The van der Waals surface area contributed by atoms with E-state index in [9.17, 15) is 9.59 Å². The molecule has 3 aromatic rings. The Labute approximate surface area is 212 Å². The second kappa shape index (κ2) is 12.0. The molecule has 2 heterocycles. The van der Waals surface area contributed by atoms with E-state index in [1.54, 1.807) is 6.20 Å². The number of thiazole rings is 1. The summed E-state index contributed by atoms with van der Waals surface area (Å²) in [6.45, 7) is 2.93. The highest BCUT2D eigenvalue weighted by molar-refractivity contribution is 7.17. The van der Waals surface area contributed by atoms with Crippen molar-refractivity contribution in [2.24, 2.45) is 5.92 Å². The van der Waals surface area contributed by atoms with Crippen molar-refractivity contribution in [1.29, 1.82) is 0 Å². The predicted octanol–water partition coefficient (Wildman–Crippen LogP) is 5.22. The number of anilines is 2. The third-order valence-electron chi connectivity index (χ3n) is 5.79. The van der Waals surface area contributed by atoms with Crippen LogP contribution in [0.2, 0.25) is 0 Å². The third kappa shape index (κ3) is 6.73. The summed E-state index contributed by atoms with van der Waals surface area (Å²) in [6.07, 6.45) is 4.31. The van der Waals surface area contributed by atoms with Gasteiger partial charge in [-0.25, -0.2) is 9.78 Å². The number of para-hydroxylation sites is 1. The molecule has 0 radical (unpaired) electrons. The number of ether oxygens (including phenoxy) is 3. The average molecular weight is 516 g/mol. The van der Waals surface area contributed by atoms with Crippen molar-refractivity contribution in [2.75, 3.05) is 24.3 Å². The standard InChI is InChI=1S/C25H29N3O5S2/c1-2-31-19-6-4-3-5-17(19)8-10-21(29)28-24-23(26)18-9-7-16(13-20(18)35-24)14-32-25(30)33-15-22-27-11-12-34-22/h3-6,11-12,16H,2,7-10,13-15,26H2,1H3,(H,28,29). The van der Waals surface area contributed by atoms with Crippen LogP contribution < -0.4 is 15.8 Å². The summed E-state index contributed by atoms with van der Waals surface area (Å²) in [5.41, 5.74) is 9.11. The number of hydrogen-bond acceptors (Lipinski definition) is 9. The fourth-order valence-corrected chi connectivity index (χ4v) is 5.86. The highest BCUT2D eigenvalue weighted by atomic mass is 32.1. The minimum absolute atomic E-state index is 0.0792. The van der Waals surface area contributed by atoms with Crippen molar-refractivity contribution in [2.45, 2.75) is 45.6 Å². The summed E-state index contributed by atoms with van der Waals surface area (Å²) >= 11 is 2.93. The number of rotatable bonds is 10. The molecule has 0 bridgehead atoms. The SMILES string of the molecule is CCOc1ccccc1CCC(=O)Nc1sc2c(c1N)CCC(COC(=O)OCc1nccs1)C2. The van der Waals surface area contributed by atoms with Crippen molar-refractivity contribution in [1.82, 2.24) is 4.98 Å². The fourth-order valence-electron chi connectivity index (χ4n) is 4.03. The molecule has 0 saturated carbocycles. The van der Waals surface area contributed by atoms with Crippen LogP contribution in [0.1, 0.15) is 40.8 Å². The molecular formula is C25H29N3O5S2. The lowest BCUT2D eigenvalue weighted by molar-refractivity contribution is -0.116. The van der Waals surface area contributed by atoms with Gasteiger partial charge in [0.25, 0.3) is 0 Å². The number of benzene rings is 1. The molecule has 1 aromatic carbocycles. The number of amides is 1. The van der Waals surface area contributed by atoms with Crippen LogP contribution in [-0.4, -0.2) is 30.3 Å². The second-order valence-electron chi connectivity index (χ2n) is 8.22. The highest BCUT2D eigenvalue weighted by Gasteiger charge is 2.26. The number of hydrogen-bond donors (Lipinski definition) is 2. The van der Waals surface area contributed by atoms with Gasteiger partial charge in [0.2, 0.25) is 5.91 Å². The van der Waals surface area contributed by atoms with Gasteiger partial charge in [0.15, 0.2) is 0 Å². The van der Waals surface area contributed by atoms with E-state index in [2.05, 4.69) is 10.3 Å². The summed E-state index contributed by atoms with van der Waals surface area (Å²) in [6, 6.07) is 7.77. The largest absolute Gasteiger partial charge is 0.508 e. The van der Waals surface area contributed by atoms with E-state index in [1.165, 1.54) is 22.7 Å². The summed E-state index contributed by atoms with van der Waals surface area (Å²) in [4.78, 5) is 29.7. The Kier molecular flexibility index (Phi) is 8.59. The quantitative estimate of drug-likeness (QED) is 0.356. The molecule has 4 rings (SSSR count). The van der Waals surface area contributed by atoms with Gasteiger partial charge in [0, 0.05) is 22.9 Å². The van der Waals surface area contributed by atoms with Crippen LogP contribution in [0.5, 0.6) is 5.75 Å². The Bertz CT molecular complexity index is 1150. The maximum Gasteiger partial charge on any atom is 0.508 e. The number of fused-ring (bicyclic) bond motifs is 1. The third-order valence-corrected chi connectivity index (χ3v) is 7.73. The molecular weight excluding hydrogens is 486 g/mol. The topological polar surface area (TPSA) is 113 Å². The number of nitrogens with zero attached hydrogens (tertiary/aromatic N) is 1. The van der Waals surface area contributed by atoms with E-state index >= 15 is 0 Å². The van der Waals surface area contributed by atoms with Crippen LogP contribution in [0, 0.1) is 5.92 Å². The highest BCUT2D eigenvalue weighted by Crippen LogP contribution is 2.41. The van der Waals surface area contributed by atoms with E-state index in [4.69, 9.17) is 19.9 Å². The lowest BCUT2D eigenvalue weighted by atomic mass is 9.89. The maximum absolute atomic E-state index is 12.6. The van der Waals surface area contributed by atoms with Gasteiger partial charge in [0.1, 0.15) is 22.4 Å². The zero-order chi connectivity index (χ0) is 24.6. The minimum atomic E-state index is -0.685. The monoisotopic (exact) mass is 515 g/mol. The summed E-state index contributed by atoms with van der Waals surface area (Å²) < 4.78 is 16.1. The normalized spacial score (nSPS) is 14.7. The van der Waals surface area contributed by atoms with Crippen LogP contribution in [0.25, 0.3) is 0 Å². The number of aryl methyl sites for hydroxylation is 1. The lowest BCUT2D eigenvalue weighted by Gasteiger charge is -2.21. The smallest absolute Gasteiger partial charge is 0.494 e. The first-order chi connectivity index (χ1) is 17.0. The van der Waals surface area contributed by atoms with Crippen LogP contribution >= 0.6 is 22.7 Å². The first kappa shape index (κ1) is 25.0. The van der Waals surface area contributed by atoms with Crippen molar-refractivity contribution in [3.63, 3.8) is 0 Å². The van der Waals surface area contributed by atoms with Crippen molar-refractivity contribution in [3.8, 4) is 5.75 Å². The van der Waals surface area contributed by atoms with Crippen LogP contribution in [0.3, 0.4) is 0 Å². The van der Waals surface area contributed by atoms with Gasteiger partial charge < -0.3 is 25.3 Å². The van der Waals surface area contributed by atoms with Gasteiger partial charge in [-0.3, -0.25) is 4.79 Å². The number of nitrogens with one attached hydrogen (secondary N) is 1. The van der Waals surface area contributed by atoms with E-state index in [0.29, 0.717) is 30.1 Å². The molecule has 1 amide bonds. The van der Waals surface area contributed by atoms with E-state index in [1.807, 2.05) is 36.6 Å². The Morgan fingerprint density at radius 1 is 1.26 bits per heavy atom. The molecule has 8 nitrogen and oxygen atoms in total. The molecule has 0 fully saturated rings. The number of carbonyl (C=O) groups excluding carboxylic acids is 2. The lowest BCUT2D eigenvalue weighted by Crippen LogP contribution is -2.21. The van der Waals surface area contributed by atoms with E-state index < -0.39 is 6.16 Å². The fraction of sp³-hybridized carbons (Fsp3) is 0.400. The second-order valence-corrected chi connectivity index (χ2v) is 10.3. The zero-order valence-electron chi connectivity index (χ0n) is 19.6. The Morgan fingerprint density at radius 3 is 2.91 bits per heavy atom. The predicted molar refractivity (Wildman–Crippen MR) is 137 cm³/mol. The number of aromatic nitrogens is 1. The van der Waals surface area contributed by atoms with Crippen molar-refractivity contribution >= 4 is 45.4 Å². The first-order valence-corrected chi connectivity index (χ1v) is 13.3. The molecule has 1 unspecified atom stereocenters. The molecule has 0 spiro atoms. The Hall–Kier alpha value is -3.11. The Morgan fingerprint density at radius 2 is 2.11 bits per heavy atom. The van der Waals surface area contributed by atoms with Gasteiger partial charge in [-0.15, -0.1) is 22.7 Å². The van der Waals surface area contributed by atoms with Crippen molar-refractivity contribution in [3.05, 3.63) is 56.9 Å². The summed E-state index contributed by atoms with van der Waals surface area (Å²) in [5.74, 6) is 0.922. The number of carbonyl (C=O) groups is 2. The molecule has 35 heavy (non-hydrogen) atoms. The molecule has 10 heteroatoms. The van der Waals surface area contributed by atoms with Gasteiger partial charge in [0.05, 0.1) is 18.9 Å². The Balaban J connectivity index is 1.26. The average Bonchev–Trinajstić information content (AvgIpc) is 3.49. The van der Waals surface area contributed by atoms with E-state index in [0.717, 1.165) is 46.0 Å². The zero-order valence-corrected chi connectivity index (χ0v) is 21.2. The minimum Gasteiger partial charge on any atom is -0.494 e. The molecule has 1 aliphatic carbocycles. The number of nitrogen functional groups attached to an aromatic ring is 1.